The molecule has 2 atom stereocenters. The third-order valence-electron chi connectivity index (χ3n) is 2.51. The smallest absolute Gasteiger partial charge is 0.118 e. The third kappa shape index (κ3) is 3.90. The number of methoxy groups -OCH3 is 1. The molecular weight excluding hydrogens is 190 g/mol. The maximum Gasteiger partial charge on any atom is 0.118 e. The van der Waals surface area contributed by atoms with E-state index in [1.165, 1.54) is 5.56 Å². The highest BCUT2D eigenvalue weighted by molar-refractivity contribution is 5.27. The van der Waals surface area contributed by atoms with Gasteiger partial charge in [0, 0.05) is 12.6 Å². The summed E-state index contributed by atoms with van der Waals surface area (Å²) in [5.74, 6) is 0.863. The maximum atomic E-state index is 9.30. The van der Waals surface area contributed by atoms with Crippen LogP contribution in [0.3, 0.4) is 0 Å². The Morgan fingerprint density at radius 1 is 1.27 bits per heavy atom. The largest absolute Gasteiger partial charge is 0.497 e. The van der Waals surface area contributed by atoms with Gasteiger partial charge in [-0.15, -0.1) is 0 Å². The Morgan fingerprint density at radius 3 is 2.33 bits per heavy atom. The van der Waals surface area contributed by atoms with Crippen LogP contribution in [-0.4, -0.2) is 24.4 Å². The quantitative estimate of drug-likeness (QED) is 0.773. The summed E-state index contributed by atoms with van der Waals surface area (Å²) < 4.78 is 5.07. The molecule has 0 fully saturated rings. The summed E-state index contributed by atoms with van der Waals surface area (Å²) >= 11 is 0. The SMILES string of the molecule is COc1ccc(CNC(C)C(C)O)cc1. The number of hydrogen-bond donors (Lipinski definition) is 2. The average Bonchev–Trinajstić information content (AvgIpc) is 2.26. The average molecular weight is 209 g/mol. The molecule has 0 heterocycles. The van der Waals surface area contributed by atoms with Crippen LogP contribution in [-0.2, 0) is 6.54 Å². The number of ether oxygens (including phenoxy) is 1. The lowest BCUT2D eigenvalue weighted by Crippen LogP contribution is -2.34. The van der Waals surface area contributed by atoms with Crippen molar-refractivity contribution in [3.63, 3.8) is 0 Å². The highest BCUT2D eigenvalue weighted by atomic mass is 16.5. The van der Waals surface area contributed by atoms with E-state index in [0.29, 0.717) is 0 Å². The van der Waals surface area contributed by atoms with Crippen LogP contribution in [0.2, 0.25) is 0 Å². The van der Waals surface area contributed by atoms with Crippen LogP contribution >= 0.6 is 0 Å². The molecule has 84 valence electrons. The van der Waals surface area contributed by atoms with Crippen LogP contribution in [0, 0.1) is 0 Å². The molecule has 0 aliphatic carbocycles. The van der Waals surface area contributed by atoms with Crippen molar-refractivity contribution in [1.29, 1.82) is 0 Å². The van der Waals surface area contributed by atoms with Gasteiger partial charge >= 0.3 is 0 Å². The summed E-state index contributed by atoms with van der Waals surface area (Å²) in [5.41, 5.74) is 1.18. The molecular formula is C12H19NO2. The van der Waals surface area contributed by atoms with E-state index in [-0.39, 0.29) is 12.1 Å². The van der Waals surface area contributed by atoms with E-state index >= 15 is 0 Å². The van der Waals surface area contributed by atoms with E-state index in [0.717, 1.165) is 12.3 Å². The van der Waals surface area contributed by atoms with Gasteiger partial charge in [0.15, 0.2) is 0 Å². The fourth-order valence-electron chi connectivity index (χ4n) is 1.19. The standard InChI is InChI=1S/C12H19NO2/c1-9(10(2)14)13-8-11-4-6-12(15-3)7-5-11/h4-7,9-10,13-14H,8H2,1-3H3. The second kappa shape index (κ2) is 5.73. The minimum Gasteiger partial charge on any atom is -0.497 e. The van der Waals surface area contributed by atoms with Crippen LogP contribution < -0.4 is 10.1 Å². The first-order chi connectivity index (χ1) is 7.13. The monoisotopic (exact) mass is 209 g/mol. The van der Waals surface area contributed by atoms with Crippen molar-refractivity contribution in [2.24, 2.45) is 0 Å². The van der Waals surface area contributed by atoms with E-state index in [1.54, 1.807) is 14.0 Å². The van der Waals surface area contributed by atoms with Crippen molar-refractivity contribution >= 4 is 0 Å². The minimum absolute atomic E-state index is 0.104. The van der Waals surface area contributed by atoms with Crippen molar-refractivity contribution < 1.29 is 9.84 Å². The molecule has 0 amide bonds. The molecule has 0 saturated carbocycles. The Balaban J connectivity index is 2.44. The Bertz CT molecular complexity index is 282. The molecule has 15 heavy (non-hydrogen) atoms. The Kier molecular flexibility index (Phi) is 4.59. The molecule has 0 spiro atoms. The van der Waals surface area contributed by atoms with Gasteiger partial charge in [0.05, 0.1) is 13.2 Å². The Hall–Kier alpha value is -1.06. The number of aliphatic hydroxyl groups excluding tert-OH is 1. The number of hydrogen-bond acceptors (Lipinski definition) is 3. The van der Waals surface area contributed by atoms with E-state index in [1.807, 2.05) is 31.2 Å². The lowest BCUT2D eigenvalue weighted by molar-refractivity contribution is 0.152. The topological polar surface area (TPSA) is 41.5 Å². The first-order valence-electron chi connectivity index (χ1n) is 5.18. The van der Waals surface area contributed by atoms with Crippen LogP contribution in [0.4, 0.5) is 0 Å². The molecule has 1 aromatic rings. The third-order valence-corrected chi connectivity index (χ3v) is 2.51. The first kappa shape index (κ1) is 12.0. The van der Waals surface area contributed by atoms with Gasteiger partial charge in [0.1, 0.15) is 5.75 Å². The zero-order valence-electron chi connectivity index (χ0n) is 9.53. The molecule has 0 aliphatic rings. The van der Waals surface area contributed by atoms with E-state index < -0.39 is 0 Å². The predicted molar refractivity (Wildman–Crippen MR) is 61.0 cm³/mol. The summed E-state index contributed by atoms with van der Waals surface area (Å²) in [6.07, 6.45) is -0.330. The van der Waals surface area contributed by atoms with Crippen molar-refractivity contribution in [1.82, 2.24) is 5.32 Å². The molecule has 3 nitrogen and oxygen atoms in total. The van der Waals surface area contributed by atoms with Crippen LogP contribution in [0.5, 0.6) is 5.75 Å². The number of rotatable bonds is 5. The highest BCUT2D eigenvalue weighted by Crippen LogP contribution is 2.11. The number of nitrogens with one attached hydrogen (secondary N) is 1. The Morgan fingerprint density at radius 2 is 1.87 bits per heavy atom. The van der Waals surface area contributed by atoms with Crippen LogP contribution in [0.1, 0.15) is 19.4 Å². The van der Waals surface area contributed by atoms with Gasteiger partial charge in [0.2, 0.25) is 0 Å². The molecule has 2 N–H and O–H groups in total. The second-order valence-corrected chi connectivity index (χ2v) is 3.76. The van der Waals surface area contributed by atoms with Gasteiger partial charge < -0.3 is 15.2 Å². The van der Waals surface area contributed by atoms with Crippen LogP contribution in [0.25, 0.3) is 0 Å². The van der Waals surface area contributed by atoms with Gasteiger partial charge in [0.25, 0.3) is 0 Å². The summed E-state index contributed by atoms with van der Waals surface area (Å²) in [6, 6.07) is 8.00. The van der Waals surface area contributed by atoms with Crippen molar-refractivity contribution in [2.45, 2.75) is 32.5 Å². The van der Waals surface area contributed by atoms with Crippen molar-refractivity contribution in [2.75, 3.05) is 7.11 Å². The molecule has 0 aromatic heterocycles. The molecule has 1 aromatic carbocycles. The molecule has 0 radical (unpaired) electrons. The van der Waals surface area contributed by atoms with E-state index in [9.17, 15) is 5.11 Å². The van der Waals surface area contributed by atoms with Gasteiger partial charge in [-0.05, 0) is 31.5 Å². The fourth-order valence-corrected chi connectivity index (χ4v) is 1.19. The zero-order valence-corrected chi connectivity index (χ0v) is 9.53. The molecule has 0 bridgehead atoms. The lowest BCUT2D eigenvalue weighted by atomic mass is 10.1. The molecule has 0 aliphatic heterocycles. The number of aliphatic hydroxyl groups is 1. The molecule has 0 saturated heterocycles. The number of benzene rings is 1. The minimum atomic E-state index is -0.330. The van der Waals surface area contributed by atoms with Crippen molar-refractivity contribution in [3.05, 3.63) is 29.8 Å². The van der Waals surface area contributed by atoms with Gasteiger partial charge in [-0.1, -0.05) is 12.1 Å². The lowest BCUT2D eigenvalue weighted by Gasteiger charge is -2.16. The summed E-state index contributed by atoms with van der Waals surface area (Å²) in [4.78, 5) is 0. The van der Waals surface area contributed by atoms with Crippen molar-refractivity contribution in [3.8, 4) is 5.75 Å². The fraction of sp³-hybridized carbons (Fsp3) is 0.500. The van der Waals surface area contributed by atoms with Gasteiger partial charge in [-0.2, -0.15) is 0 Å². The molecule has 2 unspecified atom stereocenters. The summed E-state index contributed by atoms with van der Waals surface area (Å²) in [6.45, 7) is 4.51. The zero-order chi connectivity index (χ0) is 11.3. The first-order valence-corrected chi connectivity index (χ1v) is 5.18. The van der Waals surface area contributed by atoms with Gasteiger partial charge in [-0.3, -0.25) is 0 Å². The highest BCUT2D eigenvalue weighted by Gasteiger charge is 2.06. The predicted octanol–water partition coefficient (Wildman–Crippen LogP) is 1.55. The second-order valence-electron chi connectivity index (χ2n) is 3.76. The van der Waals surface area contributed by atoms with E-state index in [2.05, 4.69) is 5.32 Å². The molecule has 1 rings (SSSR count). The Labute approximate surface area is 91.1 Å². The summed E-state index contributed by atoms with van der Waals surface area (Å²) in [7, 11) is 1.66. The van der Waals surface area contributed by atoms with E-state index in [4.69, 9.17) is 4.74 Å². The normalized spacial score (nSPS) is 14.7. The summed E-state index contributed by atoms with van der Waals surface area (Å²) in [5, 5.41) is 12.5. The van der Waals surface area contributed by atoms with Gasteiger partial charge in [-0.25, -0.2) is 0 Å². The maximum absolute atomic E-state index is 9.30. The molecule has 3 heteroatoms. The van der Waals surface area contributed by atoms with Crippen LogP contribution in [0.15, 0.2) is 24.3 Å².